The van der Waals surface area contributed by atoms with Gasteiger partial charge in [0.1, 0.15) is 11.6 Å². The second kappa shape index (κ2) is 4.93. The van der Waals surface area contributed by atoms with E-state index in [0.717, 1.165) is 0 Å². The molecule has 0 spiro atoms. The third-order valence-corrected chi connectivity index (χ3v) is 1.81. The lowest BCUT2D eigenvalue weighted by molar-refractivity contribution is 0.0509. The van der Waals surface area contributed by atoms with Gasteiger partial charge in [-0.3, -0.25) is 0 Å². The number of methoxy groups -OCH3 is 1. The maximum atomic E-state index is 13.3. The predicted octanol–water partition coefficient (Wildman–Crippen LogP) is 1.83. The second-order valence-corrected chi connectivity index (χ2v) is 3.02. The Morgan fingerprint density at radius 3 is 2.71 bits per heavy atom. The smallest absolute Gasteiger partial charge is 0.188 e. The number of hydrogen-bond acceptors (Lipinski definition) is 3. The van der Waals surface area contributed by atoms with Crippen LogP contribution >= 0.6 is 0 Å². The summed E-state index contributed by atoms with van der Waals surface area (Å²) in [5, 5.41) is 0. The van der Waals surface area contributed by atoms with E-state index in [4.69, 9.17) is 15.2 Å². The molecule has 0 aliphatic heterocycles. The van der Waals surface area contributed by atoms with Gasteiger partial charge in [-0.2, -0.15) is 0 Å². The predicted molar refractivity (Wildman–Crippen MR) is 51.5 cm³/mol. The highest BCUT2D eigenvalue weighted by atomic mass is 19.1. The number of ether oxygens (including phenoxy) is 2. The van der Waals surface area contributed by atoms with E-state index in [2.05, 4.69) is 0 Å². The number of rotatable bonds is 4. The third-order valence-electron chi connectivity index (χ3n) is 1.81. The van der Waals surface area contributed by atoms with Gasteiger partial charge in [-0.25, -0.2) is 4.39 Å². The van der Waals surface area contributed by atoms with Crippen molar-refractivity contribution in [3.8, 4) is 5.75 Å². The van der Waals surface area contributed by atoms with Gasteiger partial charge in [0, 0.05) is 24.8 Å². The molecule has 0 fully saturated rings. The van der Waals surface area contributed by atoms with Crippen molar-refractivity contribution in [3.63, 3.8) is 0 Å². The highest BCUT2D eigenvalue weighted by molar-refractivity contribution is 5.30. The lowest BCUT2D eigenvalue weighted by Crippen LogP contribution is -2.07. The molecule has 0 radical (unpaired) electrons. The SMILES string of the molecule is COCOc1ccc(C(C)N)c(F)c1. The molecule has 0 saturated carbocycles. The van der Waals surface area contributed by atoms with Gasteiger partial charge < -0.3 is 15.2 Å². The minimum Gasteiger partial charge on any atom is -0.467 e. The molecular formula is C10H14FNO2. The lowest BCUT2D eigenvalue weighted by atomic mass is 10.1. The molecule has 0 saturated heterocycles. The summed E-state index contributed by atoms with van der Waals surface area (Å²) in [6.45, 7) is 1.84. The first kappa shape index (κ1) is 10.9. The van der Waals surface area contributed by atoms with Crippen LogP contribution in [0.15, 0.2) is 18.2 Å². The van der Waals surface area contributed by atoms with Crippen molar-refractivity contribution in [1.82, 2.24) is 0 Å². The van der Waals surface area contributed by atoms with Gasteiger partial charge >= 0.3 is 0 Å². The number of benzene rings is 1. The molecule has 1 rings (SSSR count). The van der Waals surface area contributed by atoms with Gasteiger partial charge in [0.15, 0.2) is 6.79 Å². The van der Waals surface area contributed by atoms with Gasteiger partial charge in [-0.15, -0.1) is 0 Å². The van der Waals surface area contributed by atoms with E-state index in [-0.39, 0.29) is 18.7 Å². The fourth-order valence-electron chi connectivity index (χ4n) is 1.09. The summed E-state index contributed by atoms with van der Waals surface area (Å²) in [7, 11) is 1.51. The van der Waals surface area contributed by atoms with E-state index in [1.54, 1.807) is 19.1 Å². The zero-order chi connectivity index (χ0) is 10.6. The molecule has 0 heterocycles. The average Bonchev–Trinajstić information content (AvgIpc) is 2.14. The van der Waals surface area contributed by atoms with Crippen LogP contribution in [0, 0.1) is 5.82 Å². The molecule has 14 heavy (non-hydrogen) atoms. The molecule has 1 aromatic carbocycles. The van der Waals surface area contributed by atoms with Gasteiger partial charge in [-0.1, -0.05) is 6.07 Å². The van der Waals surface area contributed by atoms with Crippen LogP contribution in [-0.2, 0) is 4.74 Å². The molecule has 0 aromatic heterocycles. The standard InChI is InChI=1S/C10H14FNO2/c1-7(12)9-4-3-8(5-10(9)11)14-6-13-2/h3-5,7H,6,12H2,1-2H3. The van der Waals surface area contributed by atoms with Crippen molar-refractivity contribution < 1.29 is 13.9 Å². The quantitative estimate of drug-likeness (QED) is 0.752. The van der Waals surface area contributed by atoms with E-state index >= 15 is 0 Å². The van der Waals surface area contributed by atoms with E-state index in [1.165, 1.54) is 13.2 Å². The summed E-state index contributed by atoms with van der Waals surface area (Å²) < 4.78 is 23.1. The Balaban J connectivity index is 2.78. The molecular weight excluding hydrogens is 185 g/mol. The zero-order valence-electron chi connectivity index (χ0n) is 8.29. The van der Waals surface area contributed by atoms with Crippen LogP contribution < -0.4 is 10.5 Å². The molecule has 4 heteroatoms. The van der Waals surface area contributed by atoms with Crippen LogP contribution in [0.1, 0.15) is 18.5 Å². The molecule has 1 atom stereocenters. The Labute approximate surface area is 82.6 Å². The number of hydrogen-bond donors (Lipinski definition) is 1. The zero-order valence-corrected chi connectivity index (χ0v) is 8.29. The monoisotopic (exact) mass is 199 g/mol. The van der Waals surface area contributed by atoms with Crippen molar-refractivity contribution in [3.05, 3.63) is 29.6 Å². The van der Waals surface area contributed by atoms with Gasteiger partial charge in [-0.05, 0) is 13.0 Å². The lowest BCUT2D eigenvalue weighted by Gasteiger charge is -2.09. The average molecular weight is 199 g/mol. The first-order valence-corrected chi connectivity index (χ1v) is 4.32. The van der Waals surface area contributed by atoms with Gasteiger partial charge in [0.05, 0.1) is 0 Å². The largest absolute Gasteiger partial charge is 0.467 e. The Morgan fingerprint density at radius 2 is 2.21 bits per heavy atom. The first-order valence-electron chi connectivity index (χ1n) is 4.32. The molecule has 0 aliphatic carbocycles. The highest BCUT2D eigenvalue weighted by Crippen LogP contribution is 2.20. The van der Waals surface area contributed by atoms with Crippen LogP contribution in [0.2, 0.25) is 0 Å². The van der Waals surface area contributed by atoms with Crippen LogP contribution in [0.5, 0.6) is 5.75 Å². The van der Waals surface area contributed by atoms with Crippen LogP contribution in [-0.4, -0.2) is 13.9 Å². The summed E-state index contributed by atoms with van der Waals surface area (Å²) >= 11 is 0. The Morgan fingerprint density at radius 1 is 1.50 bits per heavy atom. The molecule has 1 aromatic rings. The molecule has 0 amide bonds. The van der Waals surface area contributed by atoms with Crippen molar-refractivity contribution in [2.45, 2.75) is 13.0 Å². The normalized spacial score (nSPS) is 12.6. The summed E-state index contributed by atoms with van der Waals surface area (Å²) in [6.07, 6.45) is 0. The molecule has 3 nitrogen and oxygen atoms in total. The molecule has 0 aliphatic rings. The van der Waals surface area contributed by atoms with Crippen molar-refractivity contribution in [1.29, 1.82) is 0 Å². The van der Waals surface area contributed by atoms with E-state index in [0.29, 0.717) is 11.3 Å². The summed E-state index contributed by atoms with van der Waals surface area (Å²) in [5.41, 5.74) is 6.04. The summed E-state index contributed by atoms with van der Waals surface area (Å²) in [4.78, 5) is 0. The van der Waals surface area contributed by atoms with Crippen molar-refractivity contribution in [2.75, 3.05) is 13.9 Å². The fraction of sp³-hybridized carbons (Fsp3) is 0.400. The molecule has 0 bridgehead atoms. The Kier molecular flexibility index (Phi) is 3.85. The summed E-state index contributed by atoms with van der Waals surface area (Å²) in [5.74, 6) is 0.0855. The van der Waals surface area contributed by atoms with Crippen molar-refractivity contribution in [2.24, 2.45) is 5.73 Å². The van der Waals surface area contributed by atoms with Crippen LogP contribution in [0.25, 0.3) is 0 Å². The van der Waals surface area contributed by atoms with E-state index in [9.17, 15) is 4.39 Å². The maximum Gasteiger partial charge on any atom is 0.188 e. The molecule has 1 unspecified atom stereocenters. The fourth-order valence-corrected chi connectivity index (χ4v) is 1.09. The van der Waals surface area contributed by atoms with E-state index < -0.39 is 0 Å². The Hall–Kier alpha value is -1.13. The highest BCUT2D eigenvalue weighted by Gasteiger charge is 2.07. The maximum absolute atomic E-state index is 13.3. The Bertz CT molecular complexity index is 302. The topological polar surface area (TPSA) is 44.5 Å². The number of halogens is 1. The third kappa shape index (κ3) is 2.68. The minimum atomic E-state index is -0.353. The van der Waals surface area contributed by atoms with Gasteiger partial charge in [0.25, 0.3) is 0 Å². The number of nitrogens with two attached hydrogens (primary N) is 1. The van der Waals surface area contributed by atoms with Crippen LogP contribution in [0.4, 0.5) is 4.39 Å². The molecule has 2 N–H and O–H groups in total. The first-order chi connectivity index (χ1) is 6.65. The second-order valence-electron chi connectivity index (χ2n) is 3.02. The van der Waals surface area contributed by atoms with Crippen molar-refractivity contribution >= 4 is 0 Å². The van der Waals surface area contributed by atoms with E-state index in [1.807, 2.05) is 0 Å². The minimum absolute atomic E-state index is 0.108. The van der Waals surface area contributed by atoms with Crippen LogP contribution in [0.3, 0.4) is 0 Å². The van der Waals surface area contributed by atoms with Gasteiger partial charge in [0.2, 0.25) is 0 Å². The molecule has 78 valence electrons. The summed E-state index contributed by atoms with van der Waals surface area (Å²) in [6, 6.07) is 4.27.